The van der Waals surface area contributed by atoms with Gasteiger partial charge in [-0.25, -0.2) is 9.89 Å². The SMILES string of the molecule is CC(C)OC(O)OCOC(=O)c1[nH]nnc1O[C@H]1CC[C@H](c2ccc(OC(F)(F)F)cc2)CC1. The molecule has 188 valence electrons. The molecule has 0 saturated heterocycles. The maximum absolute atomic E-state index is 12.3. The number of ether oxygens (including phenoxy) is 5. The fraction of sp³-hybridized carbons (Fsp3) is 0.571. The van der Waals surface area contributed by atoms with Crippen LogP contribution in [-0.2, 0) is 14.2 Å². The predicted molar refractivity (Wildman–Crippen MR) is 109 cm³/mol. The molecule has 0 radical (unpaired) electrons. The third-order valence-corrected chi connectivity index (χ3v) is 5.05. The topological polar surface area (TPSA) is 125 Å². The van der Waals surface area contributed by atoms with Gasteiger partial charge in [-0.2, -0.15) is 0 Å². The number of esters is 1. The number of hydrogen-bond acceptors (Lipinski definition) is 9. The van der Waals surface area contributed by atoms with E-state index in [9.17, 15) is 23.1 Å². The number of carbonyl (C=O) groups excluding carboxylic acids is 1. The number of aliphatic hydroxyl groups excluding tert-OH is 1. The third-order valence-electron chi connectivity index (χ3n) is 5.05. The normalized spacial score (nSPS) is 19.6. The highest BCUT2D eigenvalue weighted by Crippen LogP contribution is 2.35. The van der Waals surface area contributed by atoms with Gasteiger partial charge in [-0.3, -0.25) is 4.74 Å². The summed E-state index contributed by atoms with van der Waals surface area (Å²) in [6.07, 6.45) is -2.45. The molecular formula is C21H26F3N3O7. The Labute approximate surface area is 193 Å². The molecule has 1 unspecified atom stereocenters. The van der Waals surface area contributed by atoms with Crippen LogP contribution in [0.5, 0.6) is 11.6 Å². The number of benzene rings is 1. The van der Waals surface area contributed by atoms with Crippen LogP contribution in [-0.4, -0.2) is 58.3 Å². The number of carbonyl (C=O) groups is 1. The van der Waals surface area contributed by atoms with Gasteiger partial charge in [0.1, 0.15) is 11.9 Å². The van der Waals surface area contributed by atoms with E-state index in [2.05, 4.69) is 20.1 Å². The number of hydrogen-bond donors (Lipinski definition) is 2. The van der Waals surface area contributed by atoms with Crippen molar-refractivity contribution in [2.75, 3.05) is 6.79 Å². The number of aliphatic hydroxyl groups is 1. The van der Waals surface area contributed by atoms with E-state index in [0.29, 0.717) is 12.8 Å². The first kappa shape index (κ1) is 25.7. The first-order valence-corrected chi connectivity index (χ1v) is 10.7. The van der Waals surface area contributed by atoms with Gasteiger partial charge in [-0.15, -0.1) is 13.2 Å². The molecule has 0 aliphatic heterocycles. The molecule has 1 aromatic carbocycles. The first-order chi connectivity index (χ1) is 16.1. The minimum Gasteiger partial charge on any atom is -0.472 e. The van der Waals surface area contributed by atoms with Crippen LogP contribution in [0.4, 0.5) is 13.2 Å². The van der Waals surface area contributed by atoms with E-state index >= 15 is 0 Å². The zero-order valence-corrected chi connectivity index (χ0v) is 18.6. The Morgan fingerprint density at radius 3 is 2.47 bits per heavy atom. The monoisotopic (exact) mass is 489 g/mol. The predicted octanol–water partition coefficient (Wildman–Crippen LogP) is 3.64. The summed E-state index contributed by atoms with van der Waals surface area (Å²) in [6, 6.07) is 5.86. The van der Waals surface area contributed by atoms with Crippen molar-refractivity contribution in [3.8, 4) is 11.6 Å². The van der Waals surface area contributed by atoms with Crippen molar-refractivity contribution >= 4 is 5.97 Å². The lowest BCUT2D eigenvalue weighted by molar-refractivity contribution is -0.296. The second kappa shape index (κ2) is 11.5. The molecule has 1 aliphatic rings. The molecule has 2 N–H and O–H groups in total. The lowest BCUT2D eigenvalue weighted by atomic mass is 9.83. The molecule has 10 nitrogen and oxygen atoms in total. The quantitative estimate of drug-likeness (QED) is 0.380. The molecular weight excluding hydrogens is 463 g/mol. The average Bonchev–Trinajstić information content (AvgIpc) is 3.21. The van der Waals surface area contributed by atoms with Crippen LogP contribution in [0.3, 0.4) is 0 Å². The Morgan fingerprint density at radius 2 is 1.85 bits per heavy atom. The van der Waals surface area contributed by atoms with E-state index in [0.717, 1.165) is 18.4 Å². The molecule has 1 heterocycles. The Bertz CT molecular complexity index is 913. The van der Waals surface area contributed by atoms with Gasteiger partial charge in [0.15, 0.2) is 6.79 Å². The second-order valence-corrected chi connectivity index (χ2v) is 7.91. The average molecular weight is 489 g/mol. The largest absolute Gasteiger partial charge is 0.573 e. The van der Waals surface area contributed by atoms with Crippen molar-refractivity contribution in [1.82, 2.24) is 15.4 Å². The molecule has 3 rings (SSSR count). The highest BCUT2D eigenvalue weighted by molar-refractivity contribution is 5.89. The number of halogens is 3. The summed E-state index contributed by atoms with van der Waals surface area (Å²) < 4.78 is 61.3. The molecule has 1 aliphatic carbocycles. The van der Waals surface area contributed by atoms with Crippen molar-refractivity contribution < 1.29 is 46.8 Å². The van der Waals surface area contributed by atoms with Crippen LogP contribution < -0.4 is 9.47 Å². The maximum Gasteiger partial charge on any atom is 0.573 e. The smallest absolute Gasteiger partial charge is 0.472 e. The Hall–Kier alpha value is -2.90. The highest BCUT2D eigenvalue weighted by atomic mass is 19.4. The second-order valence-electron chi connectivity index (χ2n) is 7.91. The molecule has 34 heavy (non-hydrogen) atoms. The summed E-state index contributed by atoms with van der Waals surface area (Å²) in [5.74, 6) is -0.933. The first-order valence-electron chi connectivity index (χ1n) is 10.7. The summed E-state index contributed by atoms with van der Waals surface area (Å²) in [5, 5.41) is 19.2. The van der Waals surface area contributed by atoms with Crippen molar-refractivity contribution in [3.63, 3.8) is 0 Å². The minimum absolute atomic E-state index is 0.0129. The molecule has 0 amide bonds. The van der Waals surface area contributed by atoms with E-state index in [-0.39, 0.29) is 35.4 Å². The molecule has 1 fully saturated rings. The lowest BCUT2D eigenvalue weighted by Gasteiger charge is -2.28. The van der Waals surface area contributed by atoms with Gasteiger partial charge in [0.05, 0.1) is 6.10 Å². The zero-order chi connectivity index (χ0) is 24.7. The Kier molecular flexibility index (Phi) is 8.69. The third kappa shape index (κ3) is 7.85. The summed E-state index contributed by atoms with van der Waals surface area (Å²) in [7, 11) is 0. The van der Waals surface area contributed by atoms with Gasteiger partial charge in [0, 0.05) is 0 Å². The number of aromatic nitrogens is 3. The molecule has 1 aromatic heterocycles. The lowest BCUT2D eigenvalue weighted by Crippen LogP contribution is -2.25. The van der Waals surface area contributed by atoms with Gasteiger partial charge in [-0.05, 0) is 63.1 Å². The van der Waals surface area contributed by atoms with Crippen LogP contribution in [0.2, 0.25) is 0 Å². The van der Waals surface area contributed by atoms with E-state index in [1.807, 2.05) is 0 Å². The standard InChI is InChI=1S/C21H26F3N3O7/c1-12(2)32-20(29)31-11-30-19(28)17-18(26-27-25-17)33-15-7-3-13(4-8-15)14-5-9-16(10-6-14)34-21(22,23)24/h5-6,9-10,12-13,15,20,29H,3-4,7-8,11H2,1-2H3,(H,25,26,27)/t13-,15-,20?. The van der Waals surface area contributed by atoms with Gasteiger partial charge in [0.2, 0.25) is 5.69 Å². The van der Waals surface area contributed by atoms with Gasteiger partial charge < -0.3 is 24.1 Å². The number of nitrogens with one attached hydrogen (secondary N) is 1. The van der Waals surface area contributed by atoms with Crippen molar-refractivity contribution in [3.05, 3.63) is 35.5 Å². The number of H-pyrrole nitrogens is 1. The van der Waals surface area contributed by atoms with Crippen molar-refractivity contribution in [2.45, 2.75) is 70.5 Å². The van der Waals surface area contributed by atoms with E-state index in [1.165, 1.54) is 12.1 Å². The van der Waals surface area contributed by atoms with Crippen molar-refractivity contribution in [2.24, 2.45) is 0 Å². The number of rotatable bonds is 10. The number of aromatic amines is 1. The number of nitrogens with zero attached hydrogens (tertiary/aromatic N) is 2. The van der Waals surface area contributed by atoms with Crippen molar-refractivity contribution in [1.29, 1.82) is 0 Å². The van der Waals surface area contributed by atoms with Gasteiger partial charge in [0.25, 0.3) is 12.4 Å². The Morgan fingerprint density at radius 1 is 1.18 bits per heavy atom. The summed E-state index contributed by atoms with van der Waals surface area (Å²) in [6.45, 7) is 1.32. The van der Waals surface area contributed by atoms with Crippen LogP contribution in [0.1, 0.15) is 61.5 Å². The van der Waals surface area contributed by atoms with Crippen LogP contribution in [0.25, 0.3) is 0 Å². The molecule has 0 spiro atoms. The molecule has 13 heteroatoms. The van der Waals surface area contributed by atoms with Crippen LogP contribution in [0, 0.1) is 0 Å². The van der Waals surface area contributed by atoms with Gasteiger partial charge in [-0.1, -0.05) is 22.4 Å². The summed E-state index contributed by atoms with van der Waals surface area (Å²) >= 11 is 0. The molecule has 1 saturated carbocycles. The van der Waals surface area contributed by atoms with E-state index in [1.54, 1.807) is 26.0 Å². The van der Waals surface area contributed by atoms with Crippen LogP contribution in [0.15, 0.2) is 24.3 Å². The minimum atomic E-state index is -4.72. The summed E-state index contributed by atoms with van der Waals surface area (Å²) in [4.78, 5) is 12.2. The van der Waals surface area contributed by atoms with E-state index in [4.69, 9.17) is 18.9 Å². The fourth-order valence-corrected chi connectivity index (χ4v) is 3.54. The maximum atomic E-state index is 12.3. The highest BCUT2D eigenvalue weighted by Gasteiger charge is 2.31. The molecule has 1 atom stereocenters. The summed E-state index contributed by atoms with van der Waals surface area (Å²) in [5.41, 5.74) is 0.826. The number of alkyl halides is 3. The fourth-order valence-electron chi connectivity index (χ4n) is 3.54. The van der Waals surface area contributed by atoms with Gasteiger partial charge >= 0.3 is 12.3 Å². The molecule has 2 aromatic rings. The van der Waals surface area contributed by atoms with E-state index < -0.39 is 25.6 Å². The zero-order valence-electron chi connectivity index (χ0n) is 18.6. The Balaban J connectivity index is 1.46. The van der Waals surface area contributed by atoms with Crippen LogP contribution >= 0.6 is 0 Å². The molecule has 0 bridgehead atoms.